The summed E-state index contributed by atoms with van der Waals surface area (Å²) in [5, 5.41) is 19.0. The summed E-state index contributed by atoms with van der Waals surface area (Å²) in [4.78, 5) is 6.15. The number of nitrogens with zero attached hydrogens (tertiary/aromatic N) is 3. The van der Waals surface area contributed by atoms with Crippen molar-refractivity contribution < 1.29 is 9.50 Å². The van der Waals surface area contributed by atoms with Crippen LogP contribution in [-0.2, 0) is 6.54 Å². The van der Waals surface area contributed by atoms with E-state index in [1.807, 2.05) is 23.1 Å². The average molecular weight is 299 g/mol. The van der Waals surface area contributed by atoms with Crippen LogP contribution in [0.4, 0.5) is 4.39 Å². The third-order valence-electron chi connectivity index (χ3n) is 3.35. The first-order chi connectivity index (χ1) is 10.7. The predicted octanol–water partition coefficient (Wildman–Crippen LogP) is 2.67. The molecule has 114 valence electrons. The van der Waals surface area contributed by atoms with E-state index in [2.05, 4.69) is 11.1 Å². The number of benzene rings is 1. The van der Waals surface area contributed by atoms with Crippen LogP contribution in [0.2, 0.25) is 0 Å². The first kappa shape index (κ1) is 16.1. The number of hydrogen-bond acceptors (Lipinski definition) is 4. The second-order valence-electron chi connectivity index (χ2n) is 5.00. The molecule has 0 spiro atoms. The molecular weight excluding hydrogens is 281 g/mol. The highest BCUT2D eigenvalue weighted by Crippen LogP contribution is 2.18. The number of rotatable bonds is 7. The molecule has 0 bridgehead atoms. The summed E-state index contributed by atoms with van der Waals surface area (Å²) in [5.74, 6) is -0.423. The van der Waals surface area contributed by atoms with E-state index in [-0.39, 0.29) is 12.1 Å². The third-order valence-corrected chi connectivity index (χ3v) is 3.35. The van der Waals surface area contributed by atoms with Crippen LogP contribution in [0, 0.1) is 17.1 Å². The van der Waals surface area contributed by atoms with E-state index < -0.39 is 11.9 Å². The van der Waals surface area contributed by atoms with Crippen LogP contribution in [0.25, 0.3) is 0 Å². The number of aliphatic hydroxyl groups is 1. The quantitative estimate of drug-likeness (QED) is 0.854. The largest absolute Gasteiger partial charge is 0.387 e. The van der Waals surface area contributed by atoms with Gasteiger partial charge in [-0.15, -0.1) is 0 Å². The maximum Gasteiger partial charge on any atom is 0.129 e. The molecule has 0 aliphatic heterocycles. The van der Waals surface area contributed by atoms with Crippen LogP contribution in [0.1, 0.15) is 23.8 Å². The number of hydrogen-bond donors (Lipinski definition) is 1. The molecule has 1 aromatic carbocycles. The van der Waals surface area contributed by atoms with Gasteiger partial charge in [-0.3, -0.25) is 9.88 Å². The SMILES string of the molecule is N#CCCN(Cc1ccccn1)CC(O)c1ccccc1F. The predicted molar refractivity (Wildman–Crippen MR) is 81.1 cm³/mol. The molecule has 1 N–H and O–H groups in total. The number of nitriles is 1. The Kier molecular flexibility index (Phi) is 6.01. The zero-order chi connectivity index (χ0) is 15.8. The average Bonchev–Trinajstić information content (AvgIpc) is 2.54. The maximum absolute atomic E-state index is 13.7. The molecule has 2 rings (SSSR count). The molecule has 0 amide bonds. The van der Waals surface area contributed by atoms with Gasteiger partial charge in [0.2, 0.25) is 0 Å². The normalized spacial score (nSPS) is 12.1. The second-order valence-corrected chi connectivity index (χ2v) is 5.00. The second kappa shape index (κ2) is 8.23. The Labute approximate surface area is 129 Å². The van der Waals surface area contributed by atoms with Crippen molar-refractivity contribution in [3.8, 4) is 6.07 Å². The van der Waals surface area contributed by atoms with Crippen LogP contribution in [0.3, 0.4) is 0 Å². The van der Waals surface area contributed by atoms with Gasteiger partial charge in [0.25, 0.3) is 0 Å². The standard InChI is InChI=1S/C17H18FN3O/c18-16-8-2-1-7-15(16)17(22)13-21(11-5-9-19)12-14-6-3-4-10-20-14/h1-4,6-8,10,17,22H,5,11-13H2. The molecule has 0 aliphatic carbocycles. The van der Waals surface area contributed by atoms with E-state index in [1.54, 1.807) is 24.4 Å². The molecule has 0 aliphatic rings. The zero-order valence-corrected chi connectivity index (χ0v) is 12.2. The number of aliphatic hydroxyl groups excluding tert-OH is 1. The van der Waals surface area contributed by atoms with Crippen molar-refractivity contribution in [1.29, 1.82) is 5.26 Å². The van der Waals surface area contributed by atoms with E-state index in [0.717, 1.165) is 5.69 Å². The summed E-state index contributed by atoms with van der Waals surface area (Å²) < 4.78 is 13.7. The summed E-state index contributed by atoms with van der Waals surface area (Å²) in [6, 6.07) is 13.9. The summed E-state index contributed by atoms with van der Waals surface area (Å²) >= 11 is 0. The van der Waals surface area contributed by atoms with Gasteiger partial charge in [-0.05, 0) is 18.2 Å². The highest BCUT2D eigenvalue weighted by Gasteiger charge is 2.17. The molecule has 0 fully saturated rings. The van der Waals surface area contributed by atoms with Gasteiger partial charge in [0.1, 0.15) is 5.82 Å². The molecular formula is C17H18FN3O. The highest BCUT2D eigenvalue weighted by molar-refractivity contribution is 5.20. The Morgan fingerprint density at radius 1 is 1.23 bits per heavy atom. The topological polar surface area (TPSA) is 60.2 Å². The lowest BCUT2D eigenvalue weighted by atomic mass is 10.1. The summed E-state index contributed by atoms with van der Waals surface area (Å²) in [7, 11) is 0. The summed E-state index contributed by atoms with van der Waals surface area (Å²) in [5.41, 5.74) is 1.12. The fraction of sp³-hybridized carbons (Fsp3) is 0.294. The molecule has 1 heterocycles. The molecule has 0 radical (unpaired) electrons. The van der Waals surface area contributed by atoms with Gasteiger partial charge in [-0.25, -0.2) is 4.39 Å². The van der Waals surface area contributed by atoms with Gasteiger partial charge in [0.15, 0.2) is 0 Å². The minimum Gasteiger partial charge on any atom is -0.387 e. The van der Waals surface area contributed by atoms with E-state index in [9.17, 15) is 9.50 Å². The molecule has 0 saturated carbocycles. The van der Waals surface area contributed by atoms with Crippen molar-refractivity contribution in [2.75, 3.05) is 13.1 Å². The molecule has 5 heteroatoms. The lowest BCUT2D eigenvalue weighted by Gasteiger charge is -2.24. The Morgan fingerprint density at radius 3 is 2.68 bits per heavy atom. The van der Waals surface area contributed by atoms with E-state index in [4.69, 9.17) is 5.26 Å². The fourth-order valence-corrected chi connectivity index (χ4v) is 2.25. The van der Waals surface area contributed by atoms with E-state index in [1.165, 1.54) is 6.07 Å². The van der Waals surface area contributed by atoms with Crippen LogP contribution >= 0.6 is 0 Å². The minimum absolute atomic E-state index is 0.249. The van der Waals surface area contributed by atoms with E-state index in [0.29, 0.717) is 19.5 Å². The van der Waals surface area contributed by atoms with Crippen LogP contribution in [0.5, 0.6) is 0 Å². The third kappa shape index (κ3) is 4.62. The van der Waals surface area contributed by atoms with Crippen LogP contribution in [0.15, 0.2) is 48.7 Å². The first-order valence-electron chi connectivity index (χ1n) is 7.12. The number of aromatic nitrogens is 1. The molecule has 22 heavy (non-hydrogen) atoms. The van der Waals surface area contributed by atoms with Gasteiger partial charge in [-0.2, -0.15) is 5.26 Å². The van der Waals surface area contributed by atoms with Gasteiger partial charge in [0.05, 0.1) is 17.9 Å². The smallest absolute Gasteiger partial charge is 0.129 e. The molecule has 4 nitrogen and oxygen atoms in total. The van der Waals surface area contributed by atoms with Crippen molar-refractivity contribution >= 4 is 0 Å². The summed E-state index contributed by atoms with van der Waals surface area (Å²) in [6.45, 7) is 1.26. The Bertz CT molecular complexity index is 627. The number of halogens is 1. The van der Waals surface area contributed by atoms with Crippen molar-refractivity contribution in [3.63, 3.8) is 0 Å². The van der Waals surface area contributed by atoms with Crippen molar-refractivity contribution in [2.45, 2.75) is 19.1 Å². The molecule has 0 saturated heterocycles. The van der Waals surface area contributed by atoms with Gasteiger partial charge >= 0.3 is 0 Å². The van der Waals surface area contributed by atoms with Crippen molar-refractivity contribution in [1.82, 2.24) is 9.88 Å². The highest BCUT2D eigenvalue weighted by atomic mass is 19.1. The zero-order valence-electron chi connectivity index (χ0n) is 12.2. The summed E-state index contributed by atoms with van der Waals surface area (Å²) in [6.07, 6.45) is 1.10. The molecule has 2 aromatic rings. The first-order valence-corrected chi connectivity index (χ1v) is 7.12. The Hall–Kier alpha value is -2.29. The monoisotopic (exact) mass is 299 g/mol. The van der Waals surface area contributed by atoms with Crippen LogP contribution in [-0.4, -0.2) is 28.1 Å². The lowest BCUT2D eigenvalue weighted by Crippen LogP contribution is -2.30. The minimum atomic E-state index is -0.941. The Morgan fingerprint density at radius 2 is 2.00 bits per heavy atom. The number of pyridine rings is 1. The van der Waals surface area contributed by atoms with Gasteiger partial charge in [0, 0.05) is 37.8 Å². The molecule has 1 atom stereocenters. The molecule has 1 aromatic heterocycles. The van der Waals surface area contributed by atoms with E-state index >= 15 is 0 Å². The molecule has 1 unspecified atom stereocenters. The Balaban J connectivity index is 2.06. The lowest BCUT2D eigenvalue weighted by molar-refractivity contribution is 0.106. The maximum atomic E-state index is 13.7. The fourth-order valence-electron chi connectivity index (χ4n) is 2.25. The van der Waals surface area contributed by atoms with Crippen molar-refractivity contribution in [3.05, 3.63) is 65.7 Å². The van der Waals surface area contributed by atoms with Crippen LogP contribution < -0.4 is 0 Å². The van der Waals surface area contributed by atoms with Gasteiger partial charge < -0.3 is 5.11 Å². The van der Waals surface area contributed by atoms with Gasteiger partial charge in [-0.1, -0.05) is 24.3 Å². The van der Waals surface area contributed by atoms with Crippen molar-refractivity contribution in [2.24, 2.45) is 0 Å².